The first-order chi connectivity index (χ1) is 17.4. The number of hydrogen-bond donors (Lipinski definition) is 0. The van der Waals surface area contributed by atoms with E-state index >= 15 is 0 Å². The maximum absolute atomic E-state index is 13.5. The fourth-order valence-electron chi connectivity index (χ4n) is 4.00. The predicted octanol–water partition coefficient (Wildman–Crippen LogP) is 5.56. The Kier molecular flexibility index (Phi) is 7.91. The van der Waals surface area contributed by atoms with Crippen LogP contribution >= 0.6 is 23.2 Å². The molecule has 0 atom stereocenters. The molecule has 3 aromatic carbocycles. The van der Waals surface area contributed by atoms with E-state index in [0.29, 0.717) is 28.8 Å². The monoisotopic (exact) mass is 571 g/mol. The second-order valence-corrected chi connectivity index (χ2v) is 11.1. The van der Waals surface area contributed by atoms with Crippen LogP contribution in [0.5, 0.6) is 0 Å². The number of nitrogens with zero attached hydrogens (tertiary/aromatic N) is 3. The van der Waals surface area contributed by atoms with E-state index in [1.165, 1.54) is 47.4 Å². The summed E-state index contributed by atoms with van der Waals surface area (Å²) in [4.78, 5) is 16.4. The summed E-state index contributed by atoms with van der Waals surface area (Å²) in [5, 5.41) is 0.666. The highest BCUT2D eigenvalue weighted by Gasteiger charge is 2.32. The summed E-state index contributed by atoms with van der Waals surface area (Å²) in [6.07, 6.45) is -4.45. The standard InChI is InChI=1S/C25H22Cl2F3N3O3S/c26-19-7-9-23(10-8-19)37(35,36)33(22-6-2-4-20(27)16-22)17-24(34)32-13-11-31(12-14-32)21-5-1-3-18(15-21)25(28,29)30/h1-10,15-16H,11-14,17H2. The first kappa shape index (κ1) is 27.1. The van der Waals surface area contributed by atoms with Crippen LogP contribution in [0.15, 0.2) is 77.7 Å². The third kappa shape index (κ3) is 6.31. The smallest absolute Gasteiger partial charge is 0.368 e. The molecule has 1 amide bonds. The molecule has 37 heavy (non-hydrogen) atoms. The topological polar surface area (TPSA) is 60.9 Å². The van der Waals surface area contributed by atoms with Crippen LogP contribution in [0.25, 0.3) is 0 Å². The van der Waals surface area contributed by atoms with Gasteiger partial charge in [0.05, 0.1) is 16.1 Å². The first-order valence-corrected chi connectivity index (χ1v) is 13.4. The van der Waals surface area contributed by atoms with Crippen molar-refractivity contribution < 1.29 is 26.4 Å². The molecule has 196 valence electrons. The van der Waals surface area contributed by atoms with Gasteiger partial charge in [0.15, 0.2) is 0 Å². The van der Waals surface area contributed by atoms with Crippen molar-refractivity contribution in [2.45, 2.75) is 11.1 Å². The minimum Gasteiger partial charge on any atom is -0.368 e. The van der Waals surface area contributed by atoms with Crippen molar-refractivity contribution in [2.24, 2.45) is 0 Å². The number of amides is 1. The highest BCUT2D eigenvalue weighted by Crippen LogP contribution is 2.32. The van der Waals surface area contributed by atoms with Crippen molar-refractivity contribution in [3.8, 4) is 0 Å². The molecule has 0 saturated carbocycles. The lowest BCUT2D eigenvalue weighted by molar-refractivity contribution is -0.137. The fourth-order valence-corrected chi connectivity index (χ4v) is 5.71. The lowest BCUT2D eigenvalue weighted by Crippen LogP contribution is -2.52. The number of carbonyl (C=O) groups excluding carboxylic acids is 1. The molecule has 0 unspecified atom stereocenters. The molecule has 1 aliphatic heterocycles. The number of sulfonamides is 1. The van der Waals surface area contributed by atoms with Crippen LogP contribution in [0.2, 0.25) is 10.0 Å². The Balaban J connectivity index is 1.51. The van der Waals surface area contributed by atoms with Crippen LogP contribution in [0.3, 0.4) is 0 Å². The molecule has 0 bridgehead atoms. The maximum atomic E-state index is 13.5. The zero-order valence-corrected chi connectivity index (χ0v) is 21.7. The van der Waals surface area contributed by atoms with Crippen LogP contribution < -0.4 is 9.21 Å². The number of halogens is 5. The van der Waals surface area contributed by atoms with Crippen LogP contribution in [0, 0.1) is 0 Å². The predicted molar refractivity (Wildman–Crippen MR) is 138 cm³/mol. The van der Waals surface area contributed by atoms with Gasteiger partial charge >= 0.3 is 6.18 Å². The summed E-state index contributed by atoms with van der Waals surface area (Å²) in [7, 11) is -4.14. The Morgan fingerprint density at radius 3 is 2.14 bits per heavy atom. The van der Waals surface area contributed by atoms with Crippen molar-refractivity contribution in [3.05, 3.63) is 88.4 Å². The van der Waals surface area contributed by atoms with Gasteiger partial charge in [0.1, 0.15) is 6.54 Å². The summed E-state index contributed by atoms with van der Waals surface area (Å²) < 4.78 is 67.2. The Morgan fingerprint density at radius 1 is 0.865 bits per heavy atom. The number of benzene rings is 3. The van der Waals surface area contributed by atoms with E-state index in [1.807, 2.05) is 0 Å². The Bertz CT molecular complexity index is 1380. The first-order valence-electron chi connectivity index (χ1n) is 11.2. The van der Waals surface area contributed by atoms with Gasteiger partial charge in [0.25, 0.3) is 10.0 Å². The quantitative estimate of drug-likeness (QED) is 0.389. The van der Waals surface area contributed by atoms with E-state index in [1.54, 1.807) is 23.1 Å². The van der Waals surface area contributed by atoms with Crippen molar-refractivity contribution in [3.63, 3.8) is 0 Å². The average Bonchev–Trinajstić information content (AvgIpc) is 2.87. The Hall–Kier alpha value is -2.95. The molecule has 1 fully saturated rings. The molecule has 1 aliphatic rings. The van der Waals surface area contributed by atoms with Gasteiger partial charge in [-0.15, -0.1) is 0 Å². The minimum absolute atomic E-state index is 0.0426. The molecule has 0 aliphatic carbocycles. The third-order valence-corrected chi connectivity index (χ3v) is 8.22. The summed E-state index contributed by atoms with van der Waals surface area (Å²) in [6.45, 7) is 0.566. The normalized spacial score (nSPS) is 14.5. The van der Waals surface area contributed by atoms with E-state index in [-0.39, 0.29) is 23.7 Å². The number of piperazine rings is 1. The molecular formula is C25H22Cl2F3N3O3S. The van der Waals surface area contributed by atoms with Crippen molar-refractivity contribution in [2.75, 3.05) is 41.9 Å². The molecule has 0 radical (unpaired) electrons. The van der Waals surface area contributed by atoms with Gasteiger partial charge in [-0.25, -0.2) is 8.42 Å². The van der Waals surface area contributed by atoms with Gasteiger partial charge in [0.2, 0.25) is 5.91 Å². The lowest BCUT2D eigenvalue weighted by Gasteiger charge is -2.37. The molecule has 12 heteroatoms. The molecule has 6 nitrogen and oxygen atoms in total. The molecule has 0 N–H and O–H groups in total. The highest BCUT2D eigenvalue weighted by molar-refractivity contribution is 7.92. The Morgan fingerprint density at radius 2 is 1.51 bits per heavy atom. The molecule has 1 saturated heterocycles. The number of carbonyl (C=O) groups is 1. The van der Waals surface area contributed by atoms with Crippen LogP contribution in [0.1, 0.15) is 5.56 Å². The summed E-state index contributed by atoms with van der Waals surface area (Å²) in [6, 6.07) is 16.8. The zero-order chi connectivity index (χ0) is 26.8. The molecular weight excluding hydrogens is 550 g/mol. The fraction of sp³-hybridized carbons (Fsp3) is 0.240. The average molecular weight is 572 g/mol. The van der Waals surface area contributed by atoms with Gasteiger partial charge in [-0.05, 0) is 60.7 Å². The number of hydrogen-bond acceptors (Lipinski definition) is 4. The van der Waals surface area contributed by atoms with Crippen LogP contribution in [0.4, 0.5) is 24.5 Å². The highest BCUT2D eigenvalue weighted by atomic mass is 35.5. The lowest BCUT2D eigenvalue weighted by atomic mass is 10.1. The van der Waals surface area contributed by atoms with E-state index in [2.05, 4.69) is 0 Å². The number of alkyl halides is 3. The number of anilines is 2. The zero-order valence-electron chi connectivity index (χ0n) is 19.3. The molecule has 0 aromatic heterocycles. The van der Waals surface area contributed by atoms with Crippen LogP contribution in [-0.4, -0.2) is 51.9 Å². The van der Waals surface area contributed by atoms with E-state index < -0.39 is 34.2 Å². The van der Waals surface area contributed by atoms with Gasteiger partial charge in [-0.3, -0.25) is 9.10 Å². The summed E-state index contributed by atoms with van der Waals surface area (Å²) >= 11 is 12.0. The second kappa shape index (κ2) is 10.8. The SMILES string of the molecule is O=C(CN(c1cccc(Cl)c1)S(=O)(=O)c1ccc(Cl)cc1)N1CCN(c2cccc(C(F)(F)F)c2)CC1. The van der Waals surface area contributed by atoms with E-state index in [9.17, 15) is 26.4 Å². The minimum atomic E-state index is -4.45. The molecule has 1 heterocycles. The van der Waals surface area contributed by atoms with Gasteiger partial charge < -0.3 is 9.80 Å². The van der Waals surface area contributed by atoms with Gasteiger partial charge in [0, 0.05) is 41.9 Å². The summed E-state index contributed by atoms with van der Waals surface area (Å²) in [5.74, 6) is -0.443. The van der Waals surface area contributed by atoms with Crippen molar-refractivity contribution >= 4 is 50.5 Å². The second-order valence-electron chi connectivity index (χ2n) is 8.36. The molecule has 4 rings (SSSR count). The van der Waals surface area contributed by atoms with Crippen LogP contribution in [-0.2, 0) is 21.0 Å². The summed E-state index contributed by atoms with van der Waals surface area (Å²) in [5.41, 5.74) is -0.112. The van der Waals surface area contributed by atoms with Gasteiger partial charge in [-0.2, -0.15) is 13.2 Å². The third-order valence-electron chi connectivity index (χ3n) is 5.95. The van der Waals surface area contributed by atoms with E-state index in [4.69, 9.17) is 23.2 Å². The van der Waals surface area contributed by atoms with Crippen molar-refractivity contribution in [1.82, 2.24) is 4.90 Å². The van der Waals surface area contributed by atoms with Crippen molar-refractivity contribution in [1.29, 1.82) is 0 Å². The van der Waals surface area contributed by atoms with Gasteiger partial charge in [-0.1, -0.05) is 35.3 Å². The largest absolute Gasteiger partial charge is 0.416 e. The number of rotatable bonds is 6. The molecule has 3 aromatic rings. The van der Waals surface area contributed by atoms with E-state index in [0.717, 1.165) is 16.4 Å². The maximum Gasteiger partial charge on any atom is 0.416 e. The molecule has 0 spiro atoms. The Labute approximate surface area is 222 Å².